The maximum Gasteiger partial charge on any atom is 0.150 e. The highest BCUT2D eigenvalue weighted by Gasteiger charge is 2.34. The smallest absolute Gasteiger partial charge is 0.150 e. The number of sulfone groups is 1. The number of hydrogen-bond donors (Lipinski definition) is 1. The molecule has 1 aliphatic heterocycles. The van der Waals surface area contributed by atoms with Crippen LogP contribution < -0.4 is 5.32 Å². The van der Waals surface area contributed by atoms with Crippen molar-refractivity contribution in [1.29, 1.82) is 0 Å². The first kappa shape index (κ1) is 15.3. The van der Waals surface area contributed by atoms with Crippen LogP contribution in [0.3, 0.4) is 0 Å². The molecule has 1 aliphatic rings. The molecular weight excluding hydrogens is 350 g/mol. The zero-order valence-corrected chi connectivity index (χ0v) is 13.9. The predicted molar refractivity (Wildman–Crippen MR) is 82.3 cm³/mol. The summed E-state index contributed by atoms with van der Waals surface area (Å²) in [6, 6.07) is 5.70. The number of rotatable bonds is 4. The summed E-state index contributed by atoms with van der Waals surface area (Å²) in [6.45, 7) is 2.80. The van der Waals surface area contributed by atoms with Gasteiger partial charge in [-0.1, -0.05) is 34.5 Å². The Labute approximate surface area is 127 Å². The molecule has 0 aliphatic carbocycles. The molecular formula is C13H17BrClNO2S. The SMILES string of the molecule is CCNC(c1cc(Br)ccc1Cl)C1CCS(=O)(=O)C1. The van der Waals surface area contributed by atoms with Crippen LogP contribution in [-0.2, 0) is 9.84 Å². The standard InChI is InChI=1S/C13H17BrClNO2S/c1-2-16-13(9-5-6-19(17,18)8-9)11-7-10(14)3-4-12(11)15/h3-4,7,9,13,16H,2,5-6,8H2,1H3. The summed E-state index contributed by atoms with van der Waals surface area (Å²) in [4.78, 5) is 0. The Hall–Kier alpha value is -0.100. The van der Waals surface area contributed by atoms with Gasteiger partial charge in [-0.3, -0.25) is 0 Å². The topological polar surface area (TPSA) is 46.2 Å². The fourth-order valence-electron chi connectivity index (χ4n) is 2.59. The molecule has 19 heavy (non-hydrogen) atoms. The predicted octanol–water partition coefficient (Wildman–Crippen LogP) is 3.19. The third-order valence-electron chi connectivity index (χ3n) is 3.46. The van der Waals surface area contributed by atoms with Crippen molar-refractivity contribution in [2.75, 3.05) is 18.1 Å². The van der Waals surface area contributed by atoms with Crippen LogP contribution in [0.15, 0.2) is 22.7 Å². The zero-order chi connectivity index (χ0) is 14.0. The molecule has 1 N–H and O–H groups in total. The van der Waals surface area contributed by atoms with Gasteiger partial charge in [-0.2, -0.15) is 0 Å². The van der Waals surface area contributed by atoms with Gasteiger partial charge in [0.1, 0.15) is 0 Å². The van der Waals surface area contributed by atoms with E-state index in [2.05, 4.69) is 21.2 Å². The highest BCUT2D eigenvalue weighted by molar-refractivity contribution is 9.10. The van der Waals surface area contributed by atoms with Crippen molar-refractivity contribution in [2.45, 2.75) is 19.4 Å². The maximum absolute atomic E-state index is 11.7. The van der Waals surface area contributed by atoms with Gasteiger partial charge in [0, 0.05) is 15.5 Å². The molecule has 2 unspecified atom stereocenters. The Morgan fingerprint density at radius 3 is 2.84 bits per heavy atom. The van der Waals surface area contributed by atoms with Crippen molar-refractivity contribution in [2.24, 2.45) is 5.92 Å². The van der Waals surface area contributed by atoms with Crippen LogP contribution in [0.25, 0.3) is 0 Å². The minimum atomic E-state index is -2.88. The van der Waals surface area contributed by atoms with Crippen molar-refractivity contribution < 1.29 is 8.42 Å². The van der Waals surface area contributed by atoms with E-state index in [0.29, 0.717) is 11.4 Å². The first-order chi connectivity index (χ1) is 8.93. The molecule has 1 saturated heterocycles. The number of halogens is 2. The quantitative estimate of drug-likeness (QED) is 0.890. The molecule has 0 radical (unpaired) electrons. The second-order valence-corrected chi connectivity index (χ2v) is 8.42. The minimum Gasteiger partial charge on any atom is -0.310 e. The lowest BCUT2D eigenvalue weighted by atomic mass is 9.92. The van der Waals surface area contributed by atoms with Gasteiger partial charge in [0.25, 0.3) is 0 Å². The Morgan fingerprint density at radius 1 is 1.53 bits per heavy atom. The van der Waals surface area contributed by atoms with E-state index in [4.69, 9.17) is 11.6 Å². The lowest BCUT2D eigenvalue weighted by molar-refractivity contribution is 0.400. The summed E-state index contributed by atoms with van der Waals surface area (Å²) in [5.41, 5.74) is 0.972. The van der Waals surface area contributed by atoms with Gasteiger partial charge in [-0.15, -0.1) is 0 Å². The fraction of sp³-hybridized carbons (Fsp3) is 0.538. The average molecular weight is 367 g/mol. The molecule has 0 bridgehead atoms. The normalized spacial score (nSPS) is 23.4. The van der Waals surface area contributed by atoms with Crippen LogP contribution in [0.5, 0.6) is 0 Å². The van der Waals surface area contributed by atoms with Crippen molar-refractivity contribution in [3.63, 3.8) is 0 Å². The Bertz CT molecular complexity index is 562. The van der Waals surface area contributed by atoms with E-state index in [-0.39, 0.29) is 23.5 Å². The highest BCUT2D eigenvalue weighted by atomic mass is 79.9. The molecule has 2 atom stereocenters. The molecule has 2 rings (SSSR count). The van der Waals surface area contributed by atoms with E-state index in [1.807, 2.05) is 25.1 Å². The fourth-order valence-corrected chi connectivity index (χ4v) is 5.04. The Balaban J connectivity index is 2.32. The largest absolute Gasteiger partial charge is 0.310 e. The van der Waals surface area contributed by atoms with Gasteiger partial charge < -0.3 is 5.32 Å². The van der Waals surface area contributed by atoms with E-state index in [0.717, 1.165) is 16.6 Å². The number of hydrogen-bond acceptors (Lipinski definition) is 3. The van der Waals surface area contributed by atoms with Crippen LogP contribution in [0, 0.1) is 5.92 Å². The van der Waals surface area contributed by atoms with E-state index >= 15 is 0 Å². The third-order valence-corrected chi connectivity index (χ3v) is 6.09. The zero-order valence-electron chi connectivity index (χ0n) is 10.7. The Morgan fingerprint density at radius 2 is 2.26 bits per heavy atom. The first-order valence-corrected chi connectivity index (χ1v) is 9.31. The molecule has 1 aromatic rings. The summed E-state index contributed by atoms with van der Waals surface area (Å²) in [6.07, 6.45) is 0.697. The summed E-state index contributed by atoms with van der Waals surface area (Å²) in [7, 11) is -2.88. The summed E-state index contributed by atoms with van der Waals surface area (Å²) < 4.78 is 24.3. The molecule has 106 valence electrons. The highest BCUT2D eigenvalue weighted by Crippen LogP contribution is 2.36. The van der Waals surface area contributed by atoms with Gasteiger partial charge in [-0.05, 0) is 42.6 Å². The van der Waals surface area contributed by atoms with Crippen LogP contribution in [-0.4, -0.2) is 26.5 Å². The van der Waals surface area contributed by atoms with Crippen molar-refractivity contribution in [3.05, 3.63) is 33.3 Å². The monoisotopic (exact) mass is 365 g/mol. The number of benzene rings is 1. The third kappa shape index (κ3) is 3.72. The molecule has 3 nitrogen and oxygen atoms in total. The summed E-state index contributed by atoms with van der Waals surface area (Å²) in [5, 5.41) is 4.06. The van der Waals surface area contributed by atoms with Gasteiger partial charge in [0.05, 0.1) is 11.5 Å². The van der Waals surface area contributed by atoms with E-state index in [9.17, 15) is 8.42 Å². The van der Waals surface area contributed by atoms with Gasteiger partial charge >= 0.3 is 0 Å². The molecule has 1 aromatic carbocycles. The van der Waals surface area contributed by atoms with Gasteiger partial charge in [0.2, 0.25) is 0 Å². The van der Waals surface area contributed by atoms with Crippen molar-refractivity contribution >= 4 is 37.4 Å². The first-order valence-electron chi connectivity index (χ1n) is 6.31. The molecule has 0 aromatic heterocycles. The minimum absolute atomic E-state index is 0.00715. The van der Waals surface area contributed by atoms with Gasteiger partial charge in [0.15, 0.2) is 9.84 Å². The van der Waals surface area contributed by atoms with E-state index in [1.54, 1.807) is 0 Å². The average Bonchev–Trinajstić information content (AvgIpc) is 2.70. The van der Waals surface area contributed by atoms with E-state index in [1.165, 1.54) is 0 Å². The second kappa shape index (κ2) is 6.12. The Kier molecular flexibility index (Phi) is 4.93. The van der Waals surface area contributed by atoms with Crippen molar-refractivity contribution in [3.8, 4) is 0 Å². The molecule has 0 saturated carbocycles. The molecule has 0 amide bonds. The summed E-state index contributed by atoms with van der Waals surface area (Å²) in [5.74, 6) is 0.621. The van der Waals surface area contributed by atoms with Crippen LogP contribution >= 0.6 is 27.5 Å². The maximum atomic E-state index is 11.7. The molecule has 0 spiro atoms. The van der Waals surface area contributed by atoms with E-state index < -0.39 is 9.84 Å². The lowest BCUT2D eigenvalue weighted by Gasteiger charge is -2.25. The van der Waals surface area contributed by atoms with Crippen molar-refractivity contribution in [1.82, 2.24) is 5.32 Å². The van der Waals surface area contributed by atoms with Crippen LogP contribution in [0.4, 0.5) is 0 Å². The van der Waals surface area contributed by atoms with Gasteiger partial charge in [-0.25, -0.2) is 8.42 Å². The number of nitrogens with one attached hydrogen (secondary N) is 1. The second-order valence-electron chi connectivity index (χ2n) is 4.86. The summed E-state index contributed by atoms with van der Waals surface area (Å²) >= 11 is 9.71. The van der Waals surface area contributed by atoms with Crippen LogP contribution in [0.2, 0.25) is 5.02 Å². The molecule has 6 heteroatoms. The molecule has 1 heterocycles. The molecule has 1 fully saturated rings. The lowest BCUT2D eigenvalue weighted by Crippen LogP contribution is -2.29. The van der Waals surface area contributed by atoms with Crippen LogP contribution in [0.1, 0.15) is 24.9 Å².